The molecular weight excluding hydrogens is 316 g/mol. The van der Waals surface area contributed by atoms with Gasteiger partial charge in [0.05, 0.1) is 7.11 Å². The van der Waals surface area contributed by atoms with Crippen molar-refractivity contribution < 1.29 is 9.53 Å². The molecule has 2 rings (SSSR count). The summed E-state index contributed by atoms with van der Waals surface area (Å²) in [6.45, 7) is 1.76. The van der Waals surface area contributed by atoms with E-state index in [-0.39, 0.29) is 16.7 Å². The Morgan fingerprint density at radius 2 is 2.17 bits per heavy atom. The SMILES string of the molecule is COc1cccc(C(=O)/C(C#N)=C/Nc2nc(C)cc(Cl)n2)c1. The van der Waals surface area contributed by atoms with Crippen LogP contribution in [-0.4, -0.2) is 22.9 Å². The predicted octanol–water partition coefficient (Wildman–Crippen LogP) is 3.15. The van der Waals surface area contributed by atoms with E-state index in [0.29, 0.717) is 17.0 Å². The number of rotatable bonds is 5. The second-order valence-corrected chi connectivity index (χ2v) is 4.92. The highest BCUT2D eigenvalue weighted by atomic mass is 35.5. The third kappa shape index (κ3) is 4.28. The summed E-state index contributed by atoms with van der Waals surface area (Å²) in [5.74, 6) is 0.314. The summed E-state index contributed by atoms with van der Waals surface area (Å²) in [5.41, 5.74) is 0.931. The lowest BCUT2D eigenvalue weighted by Gasteiger charge is -2.04. The number of nitriles is 1. The molecule has 0 amide bonds. The number of aryl methyl sites for hydroxylation is 1. The Labute approximate surface area is 138 Å². The van der Waals surface area contributed by atoms with Gasteiger partial charge in [-0.15, -0.1) is 0 Å². The molecule has 0 spiro atoms. The number of ether oxygens (including phenoxy) is 1. The van der Waals surface area contributed by atoms with Crippen molar-refractivity contribution in [2.45, 2.75) is 6.92 Å². The molecule has 0 aliphatic carbocycles. The number of anilines is 1. The molecule has 7 heteroatoms. The van der Waals surface area contributed by atoms with Crippen molar-refractivity contribution in [2.24, 2.45) is 0 Å². The number of hydrogen-bond donors (Lipinski definition) is 1. The predicted molar refractivity (Wildman–Crippen MR) is 86.4 cm³/mol. The van der Waals surface area contributed by atoms with Crippen LogP contribution in [0.4, 0.5) is 5.95 Å². The van der Waals surface area contributed by atoms with Gasteiger partial charge in [0.15, 0.2) is 0 Å². The van der Waals surface area contributed by atoms with Crippen LogP contribution in [0.5, 0.6) is 5.75 Å². The maximum Gasteiger partial charge on any atom is 0.228 e. The van der Waals surface area contributed by atoms with Crippen molar-refractivity contribution >= 4 is 23.3 Å². The first-order chi connectivity index (χ1) is 11.0. The molecule has 0 aliphatic heterocycles. The van der Waals surface area contributed by atoms with Crippen molar-refractivity contribution in [2.75, 3.05) is 12.4 Å². The van der Waals surface area contributed by atoms with Crippen molar-refractivity contribution in [3.63, 3.8) is 0 Å². The average Bonchev–Trinajstić information content (AvgIpc) is 2.54. The zero-order valence-electron chi connectivity index (χ0n) is 12.5. The fourth-order valence-electron chi connectivity index (χ4n) is 1.80. The van der Waals surface area contributed by atoms with Crippen LogP contribution in [0.25, 0.3) is 0 Å². The number of nitrogens with one attached hydrogen (secondary N) is 1. The van der Waals surface area contributed by atoms with Gasteiger partial charge in [0.2, 0.25) is 11.7 Å². The van der Waals surface area contributed by atoms with E-state index in [1.165, 1.54) is 13.3 Å². The van der Waals surface area contributed by atoms with Gasteiger partial charge in [-0.2, -0.15) is 5.26 Å². The Morgan fingerprint density at radius 1 is 1.39 bits per heavy atom. The number of nitrogens with zero attached hydrogens (tertiary/aromatic N) is 3. The highest BCUT2D eigenvalue weighted by Crippen LogP contribution is 2.16. The summed E-state index contributed by atoms with van der Waals surface area (Å²) in [6.07, 6.45) is 1.26. The molecule has 1 N–H and O–H groups in total. The number of allylic oxidation sites excluding steroid dienone is 1. The van der Waals surface area contributed by atoms with E-state index in [0.717, 1.165) is 0 Å². The monoisotopic (exact) mass is 328 g/mol. The zero-order valence-corrected chi connectivity index (χ0v) is 13.3. The van der Waals surface area contributed by atoms with Gasteiger partial charge >= 0.3 is 0 Å². The Balaban J connectivity index is 2.24. The third-order valence-corrected chi connectivity index (χ3v) is 3.06. The van der Waals surface area contributed by atoms with Crippen LogP contribution in [0.15, 0.2) is 42.1 Å². The van der Waals surface area contributed by atoms with Crippen molar-refractivity contribution in [1.82, 2.24) is 9.97 Å². The number of ketones is 1. The van der Waals surface area contributed by atoms with Crippen LogP contribution < -0.4 is 10.1 Å². The normalized spacial score (nSPS) is 10.8. The standard InChI is InChI=1S/C16H13ClN4O2/c1-10-6-14(17)21-16(20-10)19-9-12(8-18)15(22)11-4-3-5-13(7-11)23-2/h3-7,9H,1-2H3,(H,19,20,21)/b12-9+. The average molecular weight is 329 g/mol. The molecular formula is C16H13ClN4O2. The Morgan fingerprint density at radius 3 is 2.83 bits per heavy atom. The van der Waals surface area contributed by atoms with E-state index in [9.17, 15) is 10.1 Å². The minimum atomic E-state index is -0.433. The first kappa shape index (κ1) is 16.5. The molecule has 0 atom stereocenters. The first-order valence-corrected chi connectivity index (χ1v) is 6.98. The molecule has 1 aromatic carbocycles. The molecule has 0 radical (unpaired) electrons. The topological polar surface area (TPSA) is 87.9 Å². The lowest BCUT2D eigenvalue weighted by molar-refractivity contribution is 0.103. The van der Waals surface area contributed by atoms with Crippen molar-refractivity contribution in [3.8, 4) is 11.8 Å². The van der Waals surface area contributed by atoms with Gasteiger partial charge in [-0.1, -0.05) is 23.7 Å². The number of Topliss-reactive ketones (excluding diaryl/α,β-unsaturated/α-hetero) is 1. The molecule has 0 fully saturated rings. The summed E-state index contributed by atoms with van der Waals surface area (Å²) in [4.78, 5) is 20.4. The van der Waals surface area contributed by atoms with Crippen LogP contribution >= 0.6 is 11.6 Å². The fourth-order valence-corrected chi connectivity index (χ4v) is 2.04. The molecule has 0 unspecified atom stereocenters. The van der Waals surface area contributed by atoms with Gasteiger partial charge in [-0.3, -0.25) is 4.79 Å². The van der Waals surface area contributed by atoms with Gasteiger partial charge in [0.25, 0.3) is 0 Å². The Hall–Kier alpha value is -2.91. The lowest BCUT2D eigenvalue weighted by Crippen LogP contribution is -2.06. The van der Waals surface area contributed by atoms with Crippen LogP contribution in [0.3, 0.4) is 0 Å². The van der Waals surface area contributed by atoms with Gasteiger partial charge in [-0.05, 0) is 25.1 Å². The minimum absolute atomic E-state index is 0.0838. The molecule has 1 aromatic heterocycles. The maximum absolute atomic E-state index is 12.3. The maximum atomic E-state index is 12.3. The lowest BCUT2D eigenvalue weighted by atomic mass is 10.1. The van der Waals surface area contributed by atoms with Gasteiger partial charge in [0, 0.05) is 17.5 Å². The van der Waals surface area contributed by atoms with E-state index >= 15 is 0 Å². The molecule has 6 nitrogen and oxygen atoms in total. The van der Waals surface area contributed by atoms with Crippen LogP contribution in [-0.2, 0) is 0 Å². The molecule has 0 bridgehead atoms. The van der Waals surface area contributed by atoms with E-state index in [4.69, 9.17) is 16.3 Å². The number of carbonyl (C=O) groups is 1. The van der Waals surface area contributed by atoms with E-state index in [1.807, 2.05) is 6.07 Å². The second-order valence-electron chi connectivity index (χ2n) is 4.53. The fraction of sp³-hybridized carbons (Fsp3) is 0.125. The molecule has 1 heterocycles. The number of halogens is 1. The smallest absolute Gasteiger partial charge is 0.228 e. The van der Waals surface area contributed by atoms with E-state index in [2.05, 4.69) is 15.3 Å². The molecule has 0 aliphatic rings. The zero-order chi connectivity index (χ0) is 16.8. The first-order valence-electron chi connectivity index (χ1n) is 6.60. The number of methoxy groups -OCH3 is 1. The number of aromatic nitrogens is 2. The molecule has 116 valence electrons. The van der Waals surface area contributed by atoms with E-state index in [1.54, 1.807) is 37.3 Å². The second kappa shape index (κ2) is 7.38. The Kier molecular flexibility index (Phi) is 5.28. The molecule has 0 saturated carbocycles. The number of carbonyl (C=O) groups excluding carboxylic acids is 1. The largest absolute Gasteiger partial charge is 0.497 e. The number of hydrogen-bond acceptors (Lipinski definition) is 6. The Bertz CT molecular complexity index is 792. The summed E-state index contributed by atoms with van der Waals surface area (Å²) in [6, 6.07) is 10.0. The van der Waals surface area contributed by atoms with Gasteiger partial charge in [-0.25, -0.2) is 9.97 Å². The third-order valence-electron chi connectivity index (χ3n) is 2.87. The summed E-state index contributed by atoms with van der Waals surface area (Å²) in [7, 11) is 1.50. The molecule has 2 aromatic rings. The summed E-state index contributed by atoms with van der Waals surface area (Å²) >= 11 is 5.83. The quantitative estimate of drug-likeness (QED) is 0.392. The number of benzene rings is 1. The van der Waals surface area contributed by atoms with Crippen LogP contribution in [0.2, 0.25) is 5.15 Å². The highest BCUT2D eigenvalue weighted by molar-refractivity contribution is 6.29. The summed E-state index contributed by atoms with van der Waals surface area (Å²) in [5, 5.41) is 12.2. The van der Waals surface area contributed by atoms with Crippen LogP contribution in [0.1, 0.15) is 16.1 Å². The van der Waals surface area contributed by atoms with Gasteiger partial charge in [0.1, 0.15) is 22.5 Å². The van der Waals surface area contributed by atoms with E-state index < -0.39 is 5.78 Å². The molecule has 23 heavy (non-hydrogen) atoms. The highest BCUT2D eigenvalue weighted by Gasteiger charge is 2.13. The van der Waals surface area contributed by atoms with Crippen molar-refractivity contribution in [1.29, 1.82) is 5.26 Å². The van der Waals surface area contributed by atoms with Crippen molar-refractivity contribution in [3.05, 3.63) is 58.5 Å². The van der Waals surface area contributed by atoms with Gasteiger partial charge < -0.3 is 10.1 Å². The molecule has 0 saturated heterocycles. The summed E-state index contributed by atoms with van der Waals surface area (Å²) < 4.78 is 5.07. The van der Waals surface area contributed by atoms with Crippen LogP contribution in [0, 0.1) is 18.3 Å². The minimum Gasteiger partial charge on any atom is -0.497 e.